The van der Waals surface area contributed by atoms with Crippen LogP contribution in [0.15, 0.2) is 54.6 Å². The Morgan fingerprint density at radius 2 is 1.78 bits per heavy atom. The molecule has 0 atom stereocenters. The number of carbonyl (C=O) groups excluding carboxylic acids is 1. The highest BCUT2D eigenvalue weighted by molar-refractivity contribution is 6.37. The predicted octanol–water partition coefficient (Wildman–Crippen LogP) is 6.09. The molecule has 0 saturated carbocycles. The number of aromatic nitrogens is 1. The van der Waals surface area contributed by atoms with E-state index in [-0.39, 0.29) is 5.78 Å². The van der Waals surface area contributed by atoms with E-state index in [1.165, 1.54) is 12.1 Å². The molecule has 114 valence electrons. The Bertz CT molecular complexity index is 935. The smallest absolute Gasteiger partial charge is 0.187 e. The van der Waals surface area contributed by atoms with Crippen LogP contribution in [-0.2, 0) is 0 Å². The highest BCUT2D eigenvalue weighted by Gasteiger charge is 2.08. The van der Waals surface area contributed by atoms with Crippen LogP contribution in [0.2, 0.25) is 15.2 Å². The molecule has 0 radical (unpaired) electrons. The molecule has 0 aliphatic rings. The molecule has 0 amide bonds. The van der Waals surface area contributed by atoms with Gasteiger partial charge >= 0.3 is 0 Å². The van der Waals surface area contributed by atoms with Gasteiger partial charge in [0.15, 0.2) is 5.78 Å². The van der Waals surface area contributed by atoms with Crippen LogP contribution in [0.25, 0.3) is 17.0 Å². The molecule has 0 bridgehead atoms. The first-order valence-corrected chi connectivity index (χ1v) is 7.91. The normalized spacial score (nSPS) is 11.3. The van der Waals surface area contributed by atoms with Crippen LogP contribution in [-0.4, -0.2) is 10.8 Å². The van der Waals surface area contributed by atoms with Gasteiger partial charge in [-0.1, -0.05) is 53.0 Å². The largest absolute Gasteiger partial charge is 0.289 e. The third-order valence-electron chi connectivity index (χ3n) is 3.32. The van der Waals surface area contributed by atoms with Gasteiger partial charge in [-0.25, -0.2) is 4.98 Å². The van der Waals surface area contributed by atoms with Gasteiger partial charge in [0.1, 0.15) is 5.15 Å². The minimum absolute atomic E-state index is 0.226. The third-order valence-corrected chi connectivity index (χ3v) is 4.17. The molecule has 0 spiro atoms. The number of para-hydroxylation sites is 1. The monoisotopic (exact) mass is 361 g/mol. The summed E-state index contributed by atoms with van der Waals surface area (Å²) in [5, 5.41) is 2.09. The minimum atomic E-state index is -0.226. The summed E-state index contributed by atoms with van der Waals surface area (Å²) in [5.41, 5.74) is 1.86. The van der Waals surface area contributed by atoms with E-state index in [0.717, 1.165) is 10.9 Å². The first kappa shape index (κ1) is 16.0. The second-order valence-electron chi connectivity index (χ2n) is 4.88. The second-order valence-corrected chi connectivity index (χ2v) is 6.08. The highest BCUT2D eigenvalue weighted by atomic mass is 35.5. The maximum atomic E-state index is 12.2. The molecule has 2 nitrogen and oxygen atoms in total. The second kappa shape index (κ2) is 6.71. The van der Waals surface area contributed by atoms with Crippen molar-refractivity contribution in [1.82, 2.24) is 4.98 Å². The number of hydrogen-bond acceptors (Lipinski definition) is 2. The Labute approximate surface area is 148 Å². The van der Waals surface area contributed by atoms with E-state index in [4.69, 9.17) is 34.8 Å². The molecular formula is C18H10Cl3NO. The van der Waals surface area contributed by atoms with Gasteiger partial charge in [0, 0.05) is 21.5 Å². The van der Waals surface area contributed by atoms with Gasteiger partial charge < -0.3 is 0 Å². The maximum Gasteiger partial charge on any atom is 0.187 e. The van der Waals surface area contributed by atoms with Gasteiger partial charge in [0.05, 0.1) is 10.5 Å². The number of carbonyl (C=O) groups is 1. The molecule has 23 heavy (non-hydrogen) atoms. The highest BCUT2D eigenvalue weighted by Crippen LogP contribution is 2.24. The van der Waals surface area contributed by atoms with E-state index in [9.17, 15) is 4.79 Å². The van der Waals surface area contributed by atoms with Crippen molar-refractivity contribution in [2.75, 3.05) is 0 Å². The summed E-state index contributed by atoms with van der Waals surface area (Å²) in [4.78, 5) is 16.6. The van der Waals surface area contributed by atoms with E-state index in [1.807, 2.05) is 30.3 Å². The first-order chi connectivity index (χ1) is 11.0. The summed E-state index contributed by atoms with van der Waals surface area (Å²) in [5.74, 6) is -0.226. The number of ketones is 1. The van der Waals surface area contributed by atoms with Crippen molar-refractivity contribution in [1.29, 1.82) is 0 Å². The maximum absolute atomic E-state index is 12.2. The van der Waals surface area contributed by atoms with Gasteiger partial charge in [0.25, 0.3) is 0 Å². The fourth-order valence-electron chi connectivity index (χ4n) is 2.17. The van der Waals surface area contributed by atoms with Crippen molar-refractivity contribution in [2.24, 2.45) is 0 Å². The Balaban J connectivity index is 1.93. The lowest BCUT2D eigenvalue weighted by Gasteiger charge is -2.03. The van der Waals surface area contributed by atoms with Crippen molar-refractivity contribution in [3.63, 3.8) is 0 Å². The van der Waals surface area contributed by atoms with E-state index in [0.29, 0.717) is 26.3 Å². The Hall–Kier alpha value is -1.87. The van der Waals surface area contributed by atoms with Gasteiger partial charge in [-0.3, -0.25) is 4.79 Å². The summed E-state index contributed by atoms with van der Waals surface area (Å²) >= 11 is 18.0. The molecule has 0 unspecified atom stereocenters. The lowest BCUT2D eigenvalue weighted by atomic mass is 10.1. The van der Waals surface area contributed by atoms with Crippen LogP contribution < -0.4 is 0 Å². The number of rotatable bonds is 3. The van der Waals surface area contributed by atoms with Crippen molar-refractivity contribution in [3.05, 3.63) is 80.9 Å². The van der Waals surface area contributed by atoms with Crippen molar-refractivity contribution in [2.45, 2.75) is 0 Å². The topological polar surface area (TPSA) is 30.0 Å². The molecule has 0 N–H and O–H groups in total. The molecule has 1 aromatic heterocycles. The van der Waals surface area contributed by atoms with Crippen LogP contribution in [0.4, 0.5) is 0 Å². The zero-order chi connectivity index (χ0) is 16.4. The zero-order valence-electron chi connectivity index (χ0n) is 11.8. The minimum Gasteiger partial charge on any atom is -0.289 e. The van der Waals surface area contributed by atoms with Gasteiger partial charge in [-0.05, 0) is 42.5 Å². The zero-order valence-corrected chi connectivity index (χ0v) is 14.0. The number of benzene rings is 2. The summed E-state index contributed by atoms with van der Waals surface area (Å²) in [7, 11) is 0. The standard InChI is InChI=1S/C18H10Cl3NO/c19-13-6-7-14(15(20)10-13)17(23)8-5-12-9-11-3-1-2-4-16(11)22-18(12)21/h1-10H. The first-order valence-electron chi connectivity index (χ1n) is 6.77. The Morgan fingerprint density at radius 3 is 2.57 bits per heavy atom. The number of pyridine rings is 1. The average molecular weight is 363 g/mol. The number of halogens is 3. The molecule has 2 aromatic carbocycles. The fraction of sp³-hybridized carbons (Fsp3) is 0. The lowest BCUT2D eigenvalue weighted by Crippen LogP contribution is -1.95. The van der Waals surface area contributed by atoms with E-state index in [2.05, 4.69) is 4.98 Å². The predicted molar refractivity (Wildman–Crippen MR) is 96.6 cm³/mol. The lowest BCUT2D eigenvalue weighted by molar-refractivity contribution is 0.104. The number of allylic oxidation sites excluding steroid dienone is 1. The van der Waals surface area contributed by atoms with Crippen molar-refractivity contribution < 1.29 is 4.79 Å². The van der Waals surface area contributed by atoms with Gasteiger partial charge in [0.2, 0.25) is 0 Å². The number of hydrogen-bond donors (Lipinski definition) is 0. The third kappa shape index (κ3) is 3.56. The van der Waals surface area contributed by atoms with E-state index >= 15 is 0 Å². The van der Waals surface area contributed by atoms with Crippen LogP contribution in [0, 0.1) is 0 Å². The summed E-state index contributed by atoms with van der Waals surface area (Å²) < 4.78 is 0. The molecule has 0 fully saturated rings. The quantitative estimate of drug-likeness (QED) is 0.320. The molecule has 5 heteroatoms. The van der Waals surface area contributed by atoms with Crippen LogP contribution >= 0.6 is 34.8 Å². The van der Waals surface area contributed by atoms with Crippen LogP contribution in [0.1, 0.15) is 15.9 Å². The van der Waals surface area contributed by atoms with Crippen molar-refractivity contribution >= 4 is 57.6 Å². The number of nitrogens with zero attached hydrogens (tertiary/aromatic N) is 1. The molecule has 0 aliphatic carbocycles. The van der Waals surface area contributed by atoms with Crippen LogP contribution in [0.5, 0.6) is 0 Å². The molecule has 3 aromatic rings. The van der Waals surface area contributed by atoms with E-state index in [1.54, 1.807) is 18.2 Å². The summed E-state index contributed by atoms with van der Waals surface area (Å²) in [6.45, 7) is 0. The molecule has 0 saturated heterocycles. The SMILES string of the molecule is O=C(C=Cc1cc2ccccc2nc1Cl)c1ccc(Cl)cc1Cl. The fourth-order valence-corrected chi connectivity index (χ4v) is 2.88. The summed E-state index contributed by atoms with van der Waals surface area (Å²) in [6.07, 6.45) is 3.06. The molecule has 3 rings (SSSR count). The average Bonchev–Trinajstić information content (AvgIpc) is 2.52. The molecule has 1 heterocycles. The Kier molecular flexibility index (Phi) is 4.67. The van der Waals surface area contributed by atoms with Gasteiger partial charge in [-0.15, -0.1) is 0 Å². The van der Waals surface area contributed by atoms with E-state index < -0.39 is 0 Å². The Morgan fingerprint density at radius 1 is 1.00 bits per heavy atom. The number of fused-ring (bicyclic) bond motifs is 1. The van der Waals surface area contributed by atoms with Crippen molar-refractivity contribution in [3.8, 4) is 0 Å². The molecular weight excluding hydrogens is 353 g/mol. The van der Waals surface area contributed by atoms with Gasteiger partial charge in [-0.2, -0.15) is 0 Å². The molecule has 0 aliphatic heterocycles. The van der Waals surface area contributed by atoms with Crippen LogP contribution in [0.3, 0.4) is 0 Å². The summed E-state index contributed by atoms with van der Waals surface area (Å²) in [6, 6.07) is 14.3.